The van der Waals surface area contributed by atoms with Gasteiger partial charge in [0, 0.05) is 0 Å². The molecule has 64 valence electrons. The molecule has 1 unspecified atom stereocenters. The topological polar surface area (TPSA) is 12.0 Å². The number of piperidine rings is 1. The Morgan fingerprint density at radius 1 is 1.09 bits per heavy atom. The monoisotopic (exact) mass is 153 g/mol. The molecule has 0 aromatic heterocycles. The van der Waals surface area contributed by atoms with E-state index < -0.39 is 0 Å². The zero-order valence-electron chi connectivity index (χ0n) is 7.64. The van der Waals surface area contributed by atoms with E-state index in [1.807, 2.05) is 0 Å². The molecule has 0 radical (unpaired) electrons. The van der Waals surface area contributed by atoms with Crippen LogP contribution in [0.15, 0.2) is 0 Å². The van der Waals surface area contributed by atoms with Crippen LogP contribution in [0.3, 0.4) is 0 Å². The highest BCUT2D eigenvalue weighted by Gasteiger charge is 2.39. The summed E-state index contributed by atoms with van der Waals surface area (Å²) in [5, 5.41) is 3.53. The fraction of sp³-hybridized carbons (Fsp3) is 1.00. The quantitative estimate of drug-likeness (QED) is 0.606. The molecule has 0 amide bonds. The summed E-state index contributed by atoms with van der Waals surface area (Å²) in [7, 11) is 0. The molecule has 1 saturated carbocycles. The van der Waals surface area contributed by atoms with Gasteiger partial charge in [-0.15, -0.1) is 0 Å². The maximum atomic E-state index is 3.53. The van der Waals surface area contributed by atoms with Crippen LogP contribution in [-0.4, -0.2) is 13.1 Å². The Labute approximate surface area is 69.6 Å². The minimum Gasteiger partial charge on any atom is -0.316 e. The van der Waals surface area contributed by atoms with E-state index in [1.54, 1.807) is 0 Å². The molecule has 1 nitrogen and oxygen atoms in total. The van der Waals surface area contributed by atoms with Gasteiger partial charge in [0.25, 0.3) is 0 Å². The van der Waals surface area contributed by atoms with Gasteiger partial charge in [-0.3, -0.25) is 0 Å². The third-order valence-electron chi connectivity index (χ3n) is 3.58. The van der Waals surface area contributed by atoms with Crippen molar-refractivity contribution in [3.05, 3.63) is 0 Å². The summed E-state index contributed by atoms with van der Waals surface area (Å²) < 4.78 is 0. The van der Waals surface area contributed by atoms with Crippen molar-refractivity contribution in [1.82, 2.24) is 5.32 Å². The maximum Gasteiger partial charge on any atom is -0.00175 e. The van der Waals surface area contributed by atoms with Crippen LogP contribution < -0.4 is 5.32 Å². The molecular weight excluding hydrogens is 134 g/mol. The van der Waals surface area contributed by atoms with E-state index in [0.29, 0.717) is 0 Å². The molecule has 3 atom stereocenters. The SMILES string of the molecule is CC(C)C1[C@@H]2CC[C@H]1CNC2. The van der Waals surface area contributed by atoms with Crippen LogP contribution in [-0.2, 0) is 0 Å². The van der Waals surface area contributed by atoms with Gasteiger partial charge in [-0.2, -0.15) is 0 Å². The zero-order chi connectivity index (χ0) is 7.84. The highest BCUT2D eigenvalue weighted by atomic mass is 14.9. The van der Waals surface area contributed by atoms with Gasteiger partial charge in [-0.25, -0.2) is 0 Å². The average Bonchev–Trinajstić information content (AvgIpc) is 2.23. The van der Waals surface area contributed by atoms with Crippen molar-refractivity contribution < 1.29 is 0 Å². The number of nitrogens with one attached hydrogen (secondary N) is 1. The zero-order valence-corrected chi connectivity index (χ0v) is 7.64. The molecule has 0 aromatic carbocycles. The predicted molar refractivity (Wildman–Crippen MR) is 47.4 cm³/mol. The van der Waals surface area contributed by atoms with E-state index in [0.717, 1.165) is 23.7 Å². The van der Waals surface area contributed by atoms with Crippen LogP contribution >= 0.6 is 0 Å². The normalized spacial score (nSPS) is 43.4. The lowest BCUT2D eigenvalue weighted by Gasteiger charge is -2.33. The summed E-state index contributed by atoms with van der Waals surface area (Å²) in [4.78, 5) is 0. The van der Waals surface area contributed by atoms with Crippen LogP contribution in [0.1, 0.15) is 26.7 Å². The van der Waals surface area contributed by atoms with Crippen molar-refractivity contribution in [2.45, 2.75) is 26.7 Å². The third-order valence-corrected chi connectivity index (χ3v) is 3.58. The summed E-state index contributed by atoms with van der Waals surface area (Å²) in [6, 6.07) is 0. The molecular formula is C10H19N. The molecule has 2 aliphatic rings. The number of hydrogen-bond donors (Lipinski definition) is 1. The molecule has 2 rings (SSSR count). The van der Waals surface area contributed by atoms with E-state index in [9.17, 15) is 0 Å². The Morgan fingerprint density at radius 2 is 1.64 bits per heavy atom. The molecule has 0 aromatic rings. The Morgan fingerprint density at radius 3 is 2.00 bits per heavy atom. The van der Waals surface area contributed by atoms with E-state index in [1.165, 1.54) is 25.9 Å². The van der Waals surface area contributed by atoms with Crippen molar-refractivity contribution in [3.63, 3.8) is 0 Å². The van der Waals surface area contributed by atoms with E-state index >= 15 is 0 Å². The van der Waals surface area contributed by atoms with Crippen LogP contribution in [0.25, 0.3) is 0 Å². The fourth-order valence-electron chi connectivity index (χ4n) is 3.22. The Bertz CT molecular complexity index is 126. The molecule has 1 aliphatic carbocycles. The first-order valence-electron chi connectivity index (χ1n) is 4.99. The largest absolute Gasteiger partial charge is 0.316 e. The Kier molecular flexibility index (Phi) is 1.92. The highest BCUT2D eigenvalue weighted by Crippen LogP contribution is 2.42. The first-order valence-corrected chi connectivity index (χ1v) is 4.99. The summed E-state index contributed by atoms with van der Waals surface area (Å²) in [6.45, 7) is 7.36. The van der Waals surface area contributed by atoms with E-state index in [2.05, 4.69) is 19.2 Å². The van der Waals surface area contributed by atoms with Gasteiger partial charge in [-0.05, 0) is 49.6 Å². The summed E-state index contributed by atoms with van der Waals surface area (Å²) in [5.74, 6) is 3.97. The summed E-state index contributed by atoms with van der Waals surface area (Å²) in [6.07, 6.45) is 2.97. The van der Waals surface area contributed by atoms with Crippen molar-refractivity contribution in [2.24, 2.45) is 23.7 Å². The number of fused-ring (bicyclic) bond motifs is 2. The molecule has 2 fully saturated rings. The lowest BCUT2D eigenvalue weighted by Crippen LogP contribution is -2.40. The number of rotatable bonds is 1. The Hall–Kier alpha value is -0.0400. The molecule has 1 aliphatic heterocycles. The first-order chi connectivity index (χ1) is 5.29. The molecule has 1 saturated heterocycles. The van der Waals surface area contributed by atoms with Crippen molar-refractivity contribution in [3.8, 4) is 0 Å². The second-order valence-corrected chi connectivity index (χ2v) is 4.58. The van der Waals surface area contributed by atoms with Crippen LogP contribution in [0.2, 0.25) is 0 Å². The summed E-state index contributed by atoms with van der Waals surface area (Å²) >= 11 is 0. The molecule has 2 bridgehead atoms. The van der Waals surface area contributed by atoms with Gasteiger partial charge in [0.2, 0.25) is 0 Å². The molecule has 0 spiro atoms. The van der Waals surface area contributed by atoms with Crippen LogP contribution in [0.4, 0.5) is 0 Å². The predicted octanol–water partition coefficient (Wildman–Crippen LogP) is 1.89. The minimum absolute atomic E-state index is 0.912. The van der Waals surface area contributed by atoms with Crippen molar-refractivity contribution in [2.75, 3.05) is 13.1 Å². The number of hydrogen-bond acceptors (Lipinski definition) is 1. The van der Waals surface area contributed by atoms with Gasteiger partial charge in [0.15, 0.2) is 0 Å². The van der Waals surface area contributed by atoms with Crippen molar-refractivity contribution >= 4 is 0 Å². The maximum absolute atomic E-state index is 3.53. The second kappa shape index (κ2) is 2.78. The van der Waals surface area contributed by atoms with Gasteiger partial charge in [0.05, 0.1) is 0 Å². The first kappa shape index (κ1) is 7.60. The third kappa shape index (κ3) is 1.20. The molecule has 11 heavy (non-hydrogen) atoms. The summed E-state index contributed by atoms with van der Waals surface area (Å²) in [5.41, 5.74) is 0. The van der Waals surface area contributed by atoms with Crippen LogP contribution in [0, 0.1) is 23.7 Å². The second-order valence-electron chi connectivity index (χ2n) is 4.58. The smallest absolute Gasteiger partial charge is 0.00175 e. The van der Waals surface area contributed by atoms with Crippen molar-refractivity contribution in [1.29, 1.82) is 0 Å². The standard InChI is InChI=1S/C10H19N/c1-7(2)10-8-3-4-9(10)6-11-5-8/h7-11H,3-6H2,1-2H3/t8-,9+,10?. The molecule has 1 heteroatoms. The fourth-order valence-corrected chi connectivity index (χ4v) is 3.22. The van der Waals surface area contributed by atoms with E-state index in [-0.39, 0.29) is 0 Å². The van der Waals surface area contributed by atoms with Gasteiger partial charge in [-0.1, -0.05) is 13.8 Å². The average molecular weight is 153 g/mol. The van der Waals surface area contributed by atoms with Crippen LogP contribution in [0.5, 0.6) is 0 Å². The molecule has 1 N–H and O–H groups in total. The van der Waals surface area contributed by atoms with Gasteiger partial charge in [0.1, 0.15) is 0 Å². The Balaban J connectivity index is 2.09. The minimum atomic E-state index is 0.912. The highest BCUT2D eigenvalue weighted by molar-refractivity contribution is 4.92. The van der Waals surface area contributed by atoms with Gasteiger partial charge >= 0.3 is 0 Å². The lowest BCUT2D eigenvalue weighted by atomic mass is 9.78. The lowest BCUT2D eigenvalue weighted by molar-refractivity contribution is 0.185. The van der Waals surface area contributed by atoms with E-state index in [4.69, 9.17) is 0 Å². The van der Waals surface area contributed by atoms with Gasteiger partial charge < -0.3 is 5.32 Å². The molecule has 1 heterocycles.